The van der Waals surface area contributed by atoms with Crippen LogP contribution in [-0.2, 0) is 4.79 Å². The van der Waals surface area contributed by atoms with Gasteiger partial charge in [-0.1, -0.05) is 59.0 Å². The molecule has 4 nitrogen and oxygen atoms in total. The Hall–Kier alpha value is -2.15. The maximum absolute atomic E-state index is 12.2. The lowest BCUT2D eigenvalue weighted by Gasteiger charge is -2.03. The third-order valence-corrected chi connectivity index (χ3v) is 5.62. The molecule has 0 aliphatic heterocycles. The van der Waals surface area contributed by atoms with Gasteiger partial charge in [0.25, 0.3) is 0 Å². The van der Waals surface area contributed by atoms with Crippen molar-refractivity contribution in [3.05, 3.63) is 59.6 Å². The number of aromatic nitrogens is 2. The van der Waals surface area contributed by atoms with Gasteiger partial charge in [0.1, 0.15) is 0 Å². The van der Waals surface area contributed by atoms with Crippen molar-refractivity contribution in [2.24, 2.45) is 0 Å². The lowest BCUT2D eigenvalue weighted by atomic mass is 10.2. The number of anilines is 1. The summed E-state index contributed by atoms with van der Waals surface area (Å²) in [7, 11) is 0. The zero-order valence-corrected chi connectivity index (χ0v) is 15.3. The van der Waals surface area contributed by atoms with Gasteiger partial charge in [-0.25, -0.2) is 9.97 Å². The Balaban J connectivity index is 1.42. The number of hydrogen-bond acceptors (Lipinski definition) is 5. The standard InChI is InChI=1S/C18H12ClN3OS2/c19-12-6-7-14-15(9-12)25-18(21-14)22-16(23)10-24-17-8-5-11-3-1-2-4-13(11)20-17/h1-9H,10H2,(H,21,22,23). The number of thiazole rings is 1. The minimum atomic E-state index is -0.106. The molecule has 0 saturated carbocycles. The van der Waals surface area contributed by atoms with Gasteiger partial charge in [-0.2, -0.15) is 0 Å². The van der Waals surface area contributed by atoms with Crippen molar-refractivity contribution < 1.29 is 4.79 Å². The van der Waals surface area contributed by atoms with Crippen molar-refractivity contribution in [3.8, 4) is 0 Å². The maximum Gasteiger partial charge on any atom is 0.236 e. The van der Waals surface area contributed by atoms with E-state index in [2.05, 4.69) is 15.3 Å². The fourth-order valence-corrected chi connectivity index (χ4v) is 4.21. The van der Waals surface area contributed by atoms with Crippen LogP contribution in [0.1, 0.15) is 0 Å². The Kier molecular flexibility index (Phi) is 4.57. The molecular weight excluding hydrogens is 374 g/mol. The highest BCUT2D eigenvalue weighted by Gasteiger charge is 2.09. The zero-order valence-electron chi connectivity index (χ0n) is 12.9. The molecule has 4 rings (SSSR count). The molecule has 2 heterocycles. The quantitative estimate of drug-likeness (QED) is 0.489. The highest BCUT2D eigenvalue weighted by Crippen LogP contribution is 2.28. The number of carbonyl (C=O) groups is 1. The smallest absolute Gasteiger partial charge is 0.236 e. The minimum Gasteiger partial charge on any atom is -0.301 e. The summed E-state index contributed by atoms with van der Waals surface area (Å²) in [5, 5.41) is 5.98. The molecule has 2 aromatic heterocycles. The van der Waals surface area contributed by atoms with E-state index in [0.29, 0.717) is 10.2 Å². The molecule has 2 aromatic carbocycles. The first kappa shape index (κ1) is 16.3. The summed E-state index contributed by atoms with van der Waals surface area (Å²) in [6.07, 6.45) is 0. The maximum atomic E-state index is 12.2. The summed E-state index contributed by atoms with van der Waals surface area (Å²) in [6, 6.07) is 17.3. The number of para-hydroxylation sites is 1. The summed E-state index contributed by atoms with van der Waals surface area (Å²) in [6.45, 7) is 0. The highest BCUT2D eigenvalue weighted by atomic mass is 35.5. The Morgan fingerprint density at radius 3 is 2.88 bits per heavy atom. The van der Waals surface area contributed by atoms with Gasteiger partial charge < -0.3 is 5.32 Å². The van der Waals surface area contributed by atoms with E-state index in [1.807, 2.05) is 48.5 Å². The Morgan fingerprint density at radius 2 is 1.96 bits per heavy atom. The second-order valence-corrected chi connectivity index (χ2v) is 7.77. The number of benzene rings is 2. The SMILES string of the molecule is O=C(CSc1ccc2ccccc2n1)Nc1nc2ccc(Cl)cc2s1. The zero-order chi connectivity index (χ0) is 17.2. The predicted molar refractivity (Wildman–Crippen MR) is 106 cm³/mol. The van der Waals surface area contributed by atoms with E-state index in [1.165, 1.54) is 23.1 Å². The summed E-state index contributed by atoms with van der Waals surface area (Å²) >= 11 is 8.79. The van der Waals surface area contributed by atoms with E-state index in [-0.39, 0.29) is 11.7 Å². The average Bonchev–Trinajstić information content (AvgIpc) is 3.01. The Morgan fingerprint density at radius 1 is 1.08 bits per heavy atom. The van der Waals surface area contributed by atoms with Crippen LogP contribution in [0.2, 0.25) is 5.02 Å². The first-order valence-corrected chi connectivity index (χ1v) is 9.70. The molecule has 124 valence electrons. The summed E-state index contributed by atoms with van der Waals surface area (Å²) in [5.41, 5.74) is 1.75. The number of amides is 1. The van der Waals surface area contributed by atoms with Crippen molar-refractivity contribution in [2.75, 3.05) is 11.1 Å². The summed E-state index contributed by atoms with van der Waals surface area (Å²) in [5.74, 6) is 0.173. The van der Waals surface area contributed by atoms with E-state index >= 15 is 0 Å². The molecule has 0 radical (unpaired) electrons. The molecule has 25 heavy (non-hydrogen) atoms. The highest BCUT2D eigenvalue weighted by molar-refractivity contribution is 7.99. The first-order chi connectivity index (χ1) is 12.2. The number of carbonyl (C=O) groups excluding carboxylic acids is 1. The Bertz CT molecular complexity index is 1080. The summed E-state index contributed by atoms with van der Waals surface area (Å²) < 4.78 is 0.951. The van der Waals surface area contributed by atoms with Crippen molar-refractivity contribution in [3.63, 3.8) is 0 Å². The second kappa shape index (κ2) is 7.00. The normalized spacial score (nSPS) is 11.1. The van der Waals surface area contributed by atoms with Gasteiger partial charge >= 0.3 is 0 Å². The van der Waals surface area contributed by atoms with Gasteiger partial charge in [0.15, 0.2) is 5.13 Å². The molecule has 1 N–H and O–H groups in total. The van der Waals surface area contributed by atoms with Gasteiger partial charge in [-0.05, 0) is 30.3 Å². The van der Waals surface area contributed by atoms with Gasteiger partial charge in [-0.3, -0.25) is 4.79 Å². The van der Waals surface area contributed by atoms with Crippen LogP contribution in [0.3, 0.4) is 0 Å². The van der Waals surface area contributed by atoms with Crippen LogP contribution in [0, 0.1) is 0 Å². The van der Waals surface area contributed by atoms with E-state index in [1.54, 1.807) is 6.07 Å². The molecule has 0 spiro atoms. The molecular formula is C18H12ClN3OS2. The predicted octanol–water partition coefficient (Wildman–Crippen LogP) is 5.23. The summed E-state index contributed by atoms with van der Waals surface area (Å²) in [4.78, 5) is 21.1. The lowest BCUT2D eigenvalue weighted by Crippen LogP contribution is -2.13. The number of hydrogen-bond donors (Lipinski definition) is 1. The molecule has 7 heteroatoms. The molecule has 1 amide bonds. The van der Waals surface area contributed by atoms with Crippen LogP contribution in [0.25, 0.3) is 21.1 Å². The Labute approximate surface area is 157 Å². The van der Waals surface area contributed by atoms with E-state index in [0.717, 1.165) is 26.1 Å². The number of nitrogens with one attached hydrogen (secondary N) is 1. The van der Waals surface area contributed by atoms with Crippen molar-refractivity contribution in [2.45, 2.75) is 5.03 Å². The molecule has 0 unspecified atom stereocenters. The second-order valence-electron chi connectivity index (χ2n) is 5.31. The third-order valence-electron chi connectivity index (χ3n) is 3.52. The number of thioether (sulfide) groups is 1. The molecule has 4 aromatic rings. The topological polar surface area (TPSA) is 54.9 Å². The fraction of sp³-hybridized carbons (Fsp3) is 0.0556. The van der Waals surface area contributed by atoms with Gasteiger partial charge in [-0.15, -0.1) is 0 Å². The number of halogens is 1. The van der Waals surface area contributed by atoms with Crippen LogP contribution < -0.4 is 5.32 Å². The third kappa shape index (κ3) is 3.76. The van der Waals surface area contributed by atoms with Gasteiger partial charge in [0.2, 0.25) is 5.91 Å². The van der Waals surface area contributed by atoms with Crippen molar-refractivity contribution in [1.82, 2.24) is 9.97 Å². The number of pyridine rings is 1. The molecule has 0 bridgehead atoms. The average molecular weight is 386 g/mol. The lowest BCUT2D eigenvalue weighted by molar-refractivity contribution is -0.113. The van der Waals surface area contributed by atoms with Crippen molar-refractivity contribution in [1.29, 1.82) is 0 Å². The number of nitrogens with zero attached hydrogens (tertiary/aromatic N) is 2. The van der Waals surface area contributed by atoms with Crippen LogP contribution in [-0.4, -0.2) is 21.6 Å². The largest absolute Gasteiger partial charge is 0.301 e. The van der Waals surface area contributed by atoms with Gasteiger partial charge in [0.05, 0.1) is 26.5 Å². The molecule has 0 aliphatic carbocycles. The van der Waals surface area contributed by atoms with Crippen LogP contribution in [0.15, 0.2) is 59.6 Å². The first-order valence-electron chi connectivity index (χ1n) is 7.52. The fourth-order valence-electron chi connectivity index (χ4n) is 2.37. The monoisotopic (exact) mass is 385 g/mol. The van der Waals surface area contributed by atoms with Crippen LogP contribution >= 0.6 is 34.7 Å². The van der Waals surface area contributed by atoms with Gasteiger partial charge in [0, 0.05) is 10.4 Å². The molecule has 0 aliphatic rings. The molecule has 0 fully saturated rings. The van der Waals surface area contributed by atoms with Crippen LogP contribution in [0.5, 0.6) is 0 Å². The van der Waals surface area contributed by atoms with E-state index in [4.69, 9.17) is 11.6 Å². The number of rotatable bonds is 4. The van der Waals surface area contributed by atoms with E-state index in [9.17, 15) is 4.79 Å². The molecule has 0 saturated heterocycles. The number of fused-ring (bicyclic) bond motifs is 2. The van der Waals surface area contributed by atoms with Crippen LogP contribution in [0.4, 0.5) is 5.13 Å². The van der Waals surface area contributed by atoms with E-state index < -0.39 is 0 Å². The minimum absolute atomic E-state index is 0.106. The van der Waals surface area contributed by atoms with Crippen molar-refractivity contribution >= 4 is 66.9 Å². The molecule has 0 atom stereocenters.